The van der Waals surface area contributed by atoms with Gasteiger partial charge in [0.05, 0.1) is 19.3 Å². The molecule has 42 heavy (non-hydrogen) atoms. The van der Waals surface area contributed by atoms with E-state index in [1.54, 1.807) is 0 Å². The number of amides is 1. The normalized spacial score (nSPS) is 15.8. The molecular weight excluding hydrogens is 551 g/mol. The number of nitrogens with zero attached hydrogens (tertiary/aromatic N) is 4. The van der Waals surface area contributed by atoms with Crippen LogP contribution >= 0.6 is 0 Å². The Bertz CT molecular complexity index is 1310. The lowest BCUT2D eigenvalue weighted by atomic mass is 9.83. The third kappa shape index (κ3) is 9.63. The maximum Gasteiger partial charge on any atom is 0.446 e. The van der Waals surface area contributed by atoms with Gasteiger partial charge in [-0.2, -0.15) is 18.4 Å². The Hall–Kier alpha value is -3.82. The summed E-state index contributed by atoms with van der Waals surface area (Å²) >= 11 is 0. The van der Waals surface area contributed by atoms with Crippen LogP contribution in [0.1, 0.15) is 77.4 Å². The van der Waals surface area contributed by atoms with E-state index in [1.807, 2.05) is 22.9 Å². The monoisotopic (exact) mass is 587 g/mol. The molecule has 0 saturated carbocycles. The van der Waals surface area contributed by atoms with Gasteiger partial charge in [-0.1, -0.05) is 24.3 Å². The van der Waals surface area contributed by atoms with Crippen LogP contribution in [0.15, 0.2) is 30.5 Å². The number of hydrogen-bond acceptors (Lipinski definition) is 7. The third-order valence-electron chi connectivity index (χ3n) is 7.42. The van der Waals surface area contributed by atoms with Gasteiger partial charge in [-0.25, -0.2) is 4.98 Å². The number of imidazole rings is 1. The molecule has 2 heterocycles. The van der Waals surface area contributed by atoms with Crippen molar-refractivity contribution in [1.29, 1.82) is 5.26 Å². The van der Waals surface area contributed by atoms with E-state index in [-0.39, 0.29) is 36.2 Å². The molecule has 12 heteroatoms. The first-order valence-corrected chi connectivity index (χ1v) is 13.9. The molecule has 4 rings (SSSR count). The Balaban J connectivity index is 0.000000730. The second-order valence-electron chi connectivity index (χ2n) is 10.5. The van der Waals surface area contributed by atoms with Crippen LogP contribution in [-0.4, -0.2) is 88.9 Å². The summed E-state index contributed by atoms with van der Waals surface area (Å²) in [5, 5.41) is 18.1. The number of aliphatic hydroxyl groups excluding tert-OH is 1. The second-order valence-corrected chi connectivity index (χ2v) is 10.5. The number of likely N-dealkylation sites (tertiary alicyclic amines) is 1. The standard InChI is InChI=1S/C28H35N5O3.C2HF3O/c1-32(13-14-34)19-27(36)33-11-9-20(10-12-33)22-7-8-23(25(15-22)21-5-3-2-4-6-21)16-26(35)28-30-18-24(17-29)31-28;3-2(4,5)1-6/h5,7-8,15,18,20,34H,2-4,6,9-14,16,19H2,1H3,(H,30,31);1H. The van der Waals surface area contributed by atoms with E-state index < -0.39 is 12.5 Å². The van der Waals surface area contributed by atoms with Crippen molar-refractivity contribution >= 4 is 23.5 Å². The van der Waals surface area contributed by atoms with Gasteiger partial charge in [-0.05, 0) is 73.8 Å². The first kappa shape index (κ1) is 32.7. The van der Waals surface area contributed by atoms with Crippen molar-refractivity contribution in [2.24, 2.45) is 0 Å². The SMILES string of the molecule is CN(CCO)CC(=O)N1CCC(c2ccc(CC(=O)c3ncc(C#N)[nH]3)c(C3=CCCCC3)c2)CC1.O=CC(F)(F)F. The number of piperidine rings is 1. The number of aliphatic hydroxyl groups is 1. The van der Waals surface area contributed by atoms with Crippen molar-refractivity contribution in [3.63, 3.8) is 0 Å². The van der Waals surface area contributed by atoms with Crippen LogP contribution < -0.4 is 0 Å². The molecule has 226 valence electrons. The van der Waals surface area contributed by atoms with Gasteiger partial charge >= 0.3 is 6.18 Å². The third-order valence-corrected chi connectivity index (χ3v) is 7.42. The van der Waals surface area contributed by atoms with Gasteiger partial charge in [-0.3, -0.25) is 19.3 Å². The maximum atomic E-state index is 12.9. The van der Waals surface area contributed by atoms with E-state index in [0.29, 0.717) is 19.0 Å². The first-order valence-electron chi connectivity index (χ1n) is 13.9. The summed E-state index contributed by atoms with van der Waals surface area (Å²) in [6, 6.07) is 8.46. The smallest absolute Gasteiger partial charge is 0.395 e. The number of benzene rings is 1. The van der Waals surface area contributed by atoms with Crippen molar-refractivity contribution in [3.8, 4) is 6.07 Å². The van der Waals surface area contributed by atoms with E-state index in [1.165, 1.54) is 23.8 Å². The molecule has 1 aliphatic heterocycles. The lowest BCUT2D eigenvalue weighted by molar-refractivity contribution is -0.156. The molecule has 0 spiro atoms. The zero-order valence-electron chi connectivity index (χ0n) is 23.6. The van der Waals surface area contributed by atoms with Crippen molar-refractivity contribution < 1.29 is 32.7 Å². The van der Waals surface area contributed by atoms with E-state index in [4.69, 9.17) is 15.2 Å². The molecule has 0 unspecified atom stereocenters. The molecule has 1 aromatic carbocycles. The summed E-state index contributed by atoms with van der Waals surface area (Å²) in [5.41, 5.74) is 5.00. The highest BCUT2D eigenvalue weighted by Gasteiger charge is 2.26. The number of H-pyrrole nitrogens is 1. The Morgan fingerprint density at radius 1 is 1.26 bits per heavy atom. The first-order chi connectivity index (χ1) is 20.0. The van der Waals surface area contributed by atoms with E-state index >= 15 is 0 Å². The fourth-order valence-corrected chi connectivity index (χ4v) is 5.20. The van der Waals surface area contributed by atoms with Crippen LogP contribution in [-0.2, 0) is 16.0 Å². The van der Waals surface area contributed by atoms with Gasteiger partial charge in [-0.15, -0.1) is 0 Å². The summed E-state index contributed by atoms with van der Waals surface area (Å²) in [6.45, 7) is 2.34. The minimum atomic E-state index is -4.64. The number of Topliss-reactive ketones (excluding diaryl/α,β-unsaturated/α-hetero) is 1. The molecule has 1 saturated heterocycles. The largest absolute Gasteiger partial charge is 0.446 e. The van der Waals surface area contributed by atoms with Crippen LogP contribution in [0, 0.1) is 11.3 Å². The van der Waals surface area contributed by atoms with Crippen LogP contribution in [0.2, 0.25) is 0 Å². The number of carbonyl (C=O) groups is 3. The number of ketones is 1. The number of carbonyl (C=O) groups excluding carboxylic acids is 3. The molecule has 1 aliphatic carbocycles. The van der Waals surface area contributed by atoms with Crippen molar-refractivity contribution in [3.05, 3.63) is 58.7 Å². The highest BCUT2D eigenvalue weighted by Crippen LogP contribution is 2.35. The lowest BCUT2D eigenvalue weighted by Crippen LogP contribution is -2.43. The average molecular weight is 588 g/mol. The van der Waals surface area contributed by atoms with E-state index in [2.05, 4.69) is 34.2 Å². The van der Waals surface area contributed by atoms with Crippen molar-refractivity contribution in [2.45, 2.75) is 57.0 Å². The fraction of sp³-hybridized carbons (Fsp3) is 0.500. The minimum Gasteiger partial charge on any atom is -0.395 e. The van der Waals surface area contributed by atoms with Crippen molar-refractivity contribution in [1.82, 2.24) is 19.8 Å². The molecular formula is C30H36F3N5O4. The number of aldehydes is 1. The number of hydrogen-bond donors (Lipinski definition) is 2. The number of likely N-dealkylation sites (N-methyl/N-ethyl adjacent to an activating group) is 1. The van der Waals surface area contributed by atoms with E-state index in [9.17, 15) is 22.8 Å². The Morgan fingerprint density at radius 2 is 1.98 bits per heavy atom. The predicted octanol–water partition coefficient (Wildman–Crippen LogP) is 4.04. The summed E-state index contributed by atoms with van der Waals surface area (Å²) < 4.78 is 31.2. The number of halogens is 3. The molecule has 0 radical (unpaired) electrons. The zero-order valence-corrected chi connectivity index (χ0v) is 23.6. The van der Waals surface area contributed by atoms with Gasteiger partial charge in [0.2, 0.25) is 18.0 Å². The number of nitriles is 1. The molecule has 1 fully saturated rings. The van der Waals surface area contributed by atoms with Crippen LogP contribution in [0.3, 0.4) is 0 Å². The Morgan fingerprint density at radius 3 is 2.55 bits per heavy atom. The fourth-order valence-electron chi connectivity index (χ4n) is 5.20. The number of rotatable bonds is 9. The molecule has 2 aliphatic rings. The van der Waals surface area contributed by atoms with Crippen LogP contribution in [0.4, 0.5) is 13.2 Å². The summed E-state index contributed by atoms with van der Waals surface area (Å²) in [4.78, 5) is 44.9. The van der Waals surface area contributed by atoms with E-state index in [0.717, 1.165) is 56.3 Å². The molecule has 1 amide bonds. The maximum absolute atomic E-state index is 12.9. The number of nitrogens with one attached hydrogen (secondary N) is 1. The van der Waals surface area contributed by atoms with Gasteiger partial charge < -0.3 is 15.0 Å². The van der Waals surface area contributed by atoms with Crippen LogP contribution in [0.25, 0.3) is 5.57 Å². The summed E-state index contributed by atoms with van der Waals surface area (Å²) in [6.07, 6.45) is 4.47. The minimum absolute atomic E-state index is 0.0502. The van der Waals surface area contributed by atoms with Crippen LogP contribution in [0.5, 0.6) is 0 Å². The lowest BCUT2D eigenvalue weighted by Gasteiger charge is -2.33. The Labute approximate surface area is 243 Å². The second kappa shape index (κ2) is 15.4. The highest BCUT2D eigenvalue weighted by atomic mass is 19.4. The van der Waals surface area contributed by atoms with Gasteiger partial charge in [0.25, 0.3) is 0 Å². The number of alkyl halides is 3. The molecule has 2 aromatic rings. The molecule has 2 N–H and O–H groups in total. The number of aromatic amines is 1. The van der Waals surface area contributed by atoms with Gasteiger partial charge in [0, 0.05) is 26.1 Å². The number of aromatic nitrogens is 2. The average Bonchev–Trinajstić information content (AvgIpc) is 3.48. The highest BCUT2D eigenvalue weighted by molar-refractivity contribution is 5.95. The predicted molar refractivity (Wildman–Crippen MR) is 149 cm³/mol. The quantitative estimate of drug-likeness (QED) is 0.335. The molecule has 0 atom stereocenters. The molecule has 0 bridgehead atoms. The molecule has 9 nitrogen and oxygen atoms in total. The Kier molecular flexibility index (Phi) is 12.0. The summed E-state index contributed by atoms with van der Waals surface area (Å²) in [5.74, 6) is 0.588. The van der Waals surface area contributed by atoms with Gasteiger partial charge in [0.1, 0.15) is 11.8 Å². The topological polar surface area (TPSA) is 130 Å². The van der Waals surface area contributed by atoms with Crippen molar-refractivity contribution in [2.75, 3.05) is 39.8 Å². The molecule has 1 aromatic heterocycles. The van der Waals surface area contributed by atoms with Gasteiger partial charge in [0.15, 0.2) is 5.82 Å². The summed E-state index contributed by atoms with van der Waals surface area (Å²) in [7, 11) is 1.85. The number of allylic oxidation sites excluding steroid dienone is 2. The zero-order chi connectivity index (χ0) is 30.7.